The molecule has 2 aliphatic heterocycles. The standard InChI is InChI=1S/C20H23FN4O7/c1-10(26)23-11-4-5-12(13(21)7-11)18(29)22-9-16(27)25-6-2-3-15(25)19(30)24-14-8-17(28)32-20(14)31/h4-5,7,14-15,20,31H,2-3,6,8-9H2,1H3,(H,22,29)(H,23,26)(H,24,30)/t14-,15-,20+/m0/s1. The maximum absolute atomic E-state index is 14.2. The number of cyclic esters (lactones) is 1. The van der Waals surface area contributed by atoms with Gasteiger partial charge in [0.1, 0.15) is 17.9 Å². The van der Waals surface area contributed by atoms with Crippen LogP contribution in [0.3, 0.4) is 0 Å². The molecule has 172 valence electrons. The number of ether oxygens (including phenoxy) is 1. The van der Waals surface area contributed by atoms with E-state index in [0.29, 0.717) is 12.8 Å². The molecule has 1 aromatic carbocycles. The number of carbonyl (C=O) groups excluding carboxylic acids is 5. The van der Waals surface area contributed by atoms with Crippen LogP contribution in [0.1, 0.15) is 36.5 Å². The maximum atomic E-state index is 14.2. The second kappa shape index (κ2) is 9.73. The predicted molar refractivity (Wildman–Crippen MR) is 106 cm³/mol. The zero-order valence-corrected chi connectivity index (χ0v) is 17.2. The minimum Gasteiger partial charge on any atom is -0.434 e. The molecule has 2 saturated heterocycles. The van der Waals surface area contributed by atoms with Crippen LogP contribution < -0.4 is 16.0 Å². The molecule has 2 heterocycles. The number of rotatable bonds is 6. The number of nitrogens with one attached hydrogen (secondary N) is 3. The van der Waals surface area contributed by atoms with Gasteiger partial charge in [-0.1, -0.05) is 0 Å². The lowest BCUT2D eigenvalue weighted by molar-refractivity contribution is -0.155. The summed E-state index contributed by atoms with van der Waals surface area (Å²) < 4.78 is 18.8. The van der Waals surface area contributed by atoms with E-state index in [2.05, 4.69) is 20.7 Å². The number of hydrogen-bond donors (Lipinski definition) is 4. The summed E-state index contributed by atoms with van der Waals surface area (Å²) in [5.74, 6) is -3.79. The van der Waals surface area contributed by atoms with Crippen LogP contribution in [0.5, 0.6) is 0 Å². The number of halogens is 1. The van der Waals surface area contributed by atoms with E-state index in [1.54, 1.807) is 0 Å². The lowest BCUT2D eigenvalue weighted by atomic mass is 10.1. The number of benzene rings is 1. The number of hydrogen-bond acceptors (Lipinski definition) is 7. The van der Waals surface area contributed by atoms with Gasteiger partial charge in [0, 0.05) is 19.2 Å². The Labute approximate surface area is 182 Å². The highest BCUT2D eigenvalue weighted by atomic mass is 19.1. The highest BCUT2D eigenvalue weighted by Gasteiger charge is 2.39. The molecule has 0 aliphatic carbocycles. The van der Waals surface area contributed by atoms with Gasteiger partial charge in [-0.25, -0.2) is 4.39 Å². The Balaban J connectivity index is 1.55. The van der Waals surface area contributed by atoms with Gasteiger partial charge in [0.05, 0.1) is 18.5 Å². The first-order valence-corrected chi connectivity index (χ1v) is 9.98. The van der Waals surface area contributed by atoms with Crippen molar-refractivity contribution in [3.63, 3.8) is 0 Å². The lowest BCUT2D eigenvalue weighted by Crippen LogP contribution is -2.52. The van der Waals surface area contributed by atoms with Gasteiger partial charge in [-0.2, -0.15) is 0 Å². The van der Waals surface area contributed by atoms with E-state index < -0.39 is 60.3 Å². The number of aliphatic hydroxyl groups is 1. The summed E-state index contributed by atoms with van der Waals surface area (Å²) in [7, 11) is 0. The molecule has 12 heteroatoms. The number of anilines is 1. The Kier molecular flexibility index (Phi) is 7.03. The van der Waals surface area contributed by atoms with Gasteiger partial charge in [-0.15, -0.1) is 0 Å². The molecule has 11 nitrogen and oxygen atoms in total. The van der Waals surface area contributed by atoms with E-state index in [1.165, 1.54) is 24.0 Å². The summed E-state index contributed by atoms with van der Waals surface area (Å²) in [4.78, 5) is 60.9. The number of carbonyl (C=O) groups is 5. The minimum absolute atomic E-state index is 0.171. The smallest absolute Gasteiger partial charge is 0.310 e. The molecule has 0 unspecified atom stereocenters. The van der Waals surface area contributed by atoms with Crippen LogP contribution in [0, 0.1) is 5.82 Å². The summed E-state index contributed by atoms with van der Waals surface area (Å²) >= 11 is 0. The Morgan fingerprint density at radius 2 is 2.03 bits per heavy atom. The van der Waals surface area contributed by atoms with Gasteiger partial charge in [0.25, 0.3) is 5.91 Å². The Morgan fingerprint density at radius 3 is 2.66 bits per heavy atom. The average Bonchev–Trinajstić information content (AvgIpc) is 3.32. The first kappa shape index (κ1) is 23.1. The number of esters is 1. The first-order chi connectivity index (χ1) is 15.2. The summed E-state index contributed by atoms with van der Waals surface area (Å²) in [6.07, 6.45) is -0.680. The van der Waals surface area contributed by atoms with Gasteiger partial charge in [-0.3, -0.25) is 24.0 Å². The Hall–Kier alpha value is -3.54. The lowest BCUT2D eigenvalue weighted by Gasteiger charge is -2.25. The van der Waals surface area contributed by atoms with Gasteiger partial charge in [0.2, 0.25) is 24.0 Å². The van der Waals surface area contributed by atoms with Crippen molar-refractivity contribution in [2.45, 2.75) is 44.6 Å². The molecule has 0 saturated carbocycles. The van der Waals surface area contributed by atoms with Crippen LogP contribution in [-0.2, 0) is 23.9 Å². The largest absolute Gasteiger partial charge is 0.434 e. The SMILES string of the molecule is CC(=O)Nc1ccc(C(=O)NCC(=O)N2CCC[C@H]2C(=O)N[C@H]2CC(=O)O[C@H]2O)c(F)c1. The molecule has 1 aromatic rings. The van der Waals surface area contributed by atoms with E-state index in [-0.39, 0.29) is 24.2 Å². The van der Waals surface area contributed by atoms with Crippen LogP contribution in [-0.4, -0.2) is 71.1 Å². The zero-order valence-electron chi connectivity index (χ0n) is 17.2. The fraction of sp³-hybridized carbons (Fsp3) is 0.450. The molecule has 2 aliphatic rings. The Morgan fingerprint density at radius 1 is 1.28 bits per heavy atom. The summed E-state index contributed by atoms with van der Waals surface area (Å²) in [5, 5.41) is 16.9. The van der Waals surface area contributed by atoms with Crippen molar-refractivity contribution < 1.29 is 38.2 Å². The van der Waals surface area contributed by atoms with Crippen molar-refractivity contribution in [2.75, 3.05) is 18.4 Å². The normalized spacial score (nSPS) is 22.3. The zero-order chi connectivity index (χ0) is 23.4. The number of likely N-dealkylation sites (tertiary alicyclic amines) is 1. The van der Waals surface area contributed by atoms with Crippen LogP contribution in [0.4, 0.5) is 10.1 Å². The first-order valence-electron chi connectivity index (χ1n) is 9.98. The summed E-state index contributed by atoms with van der Waals surface area (Å²) in [6, 6.07) is 1.81. The van der Waals surface area contributed by atoms with Crippen LogP contribution in [0.2, 0.25) is 0 Å². The van der Waals surface area contributed by atoms with E-state index in [0.717, 1.165) is 6.07 Å². The molecule has 0 aromatic heterocycles. The third-order valence-corrected chi connectivity index (χ3v) is 5.12. The topological polar surface area (TPSA) is 154 Å². The molecule has 32 heavy (non-hydrogen) atoms. The fourth-order valence-electron chi connectivity index (χ4n) is 3.62. The fourth-order valence-corrected chi connectivity index (χ4v) is 3.62. The van der Waals surface area contributed by atoms with E-state index in [9.17, 15) is 33.5 Å². The van der Waals surface area contributed by atoms with Crippen molar-refractivity contribution in [2.24, 2.45) is 0 Å². The van der Waals surface area contributed by atoms with Crippen molar-refractivity contribution in [1.82, 2.24) is 15.5 Å². The highest BCUT2D eigenvalue weighted by molar-refractivity contribution is 5.98. The monoisotopic (exact) mass is 450 g/mol. The molecular formula is C20H23FN4O7. The minimum atomic E-state index is -1.44. The molecular weight excluding hydrogens is 427 g/mol. The van der Waals surface area contributed by atoms with E-state index >= 15 is 0 Å². The van der Waals surface area contributed by atoms with Crippen molar-refractivity contribution in [1.29, 1.82) is 0 Å². The third kappa shape index (κ3) is 5.38. The van der Waals surface area contributed by atoms with Gasteiger partial charge < -0.3 is 30.7 Å². The molecule has 3 atom stereocenters. The molecule has 0 spiro atoms. The molecule has 4 amide bonds. The van der Waals surface area contributed by atoms with Crippen molar-refractivity contribution in [3.05, 3.63) is 29.6 Å². The summed E-state index contributed by atoms with van der Waals surface area (Å²) in [5.41, 5.74) is -0.115. The number of nitrogens with zero attached hydrogens (tertiary/aromatic N) is 1. The molecule has 4 N–H and O–H groups in total. The van der Waals surface area contributed by atoms with Gasteiger partial charge >= 0.3 is 5.97 Å². The average molecular weight is 450 g/mol. The van der Waals surface area contributed by atoms with E-state index in [1.807, 2.05) is 0 Å². The molecule has 0 radical (unpaired) electrons. The third-order valence-electron chi connectivity index (χ3n) is 5.12. The predicted octanol–water partition coefficient (Wildman–Crippen LogP) is -0.745. The van der Waals surface area contributed by atoms with Gasteiger partial charge in [0.15, 0.2) is 0 Å². The van der Waals surface area contributed by atoms with E-state index in [4.69, 9.17) is 0 Å². The number of amides is 4. The quantitative estimate of drug-likeness (QED) is 0.416. The summed E-state index contributed by atoms with van der Waals surface area (Å²) in [6.45, 7) is 1.09. The number of aliphatic hydroxyl groups excluding tert-OH is 1. The molecule has 3 rings (SSSR count). The van der Waals surface area contributed by atoms with Crippen molar-refractivity contribution in [3.8, 4) is 0 Å². The van der Waals surface area contributed by atoms with Crippen LogP contribution >= 0.6 is 0 Å². The van der Waals surface area contributed by atoms with Crippen molar-refractivity contribution >= 4 is 35.3 Å². The maximum Gasteiger partial charge on any atom is 0.310 e. The Bertz CT molecular complexity index is 954. The van der Waals surface area contributed by atoms with Gasteiger partial charge in [-0.05, 0) is 31.0 Å². The molecule has 2 fully saturated rings. The van der Waals surface area contributed by atoms with Crippen LogP contribution in [0.15, 0.2) is 18.2 Å². The highest BCUT2D eigenvalue weighted by Crippen LogP contribution is 2.20. The second-order valence-electron chi connectivity index (χ2n) is 7.50. The second-order valence-corrected chi connectivity index (χ2v) is 7.50. The molecule has 0 bridgehead atoms. The van der Waals surface area contributed by atoms with Crippen LogP contribution in [0.25, 0.3) is 0 Å².